The summed E-state index contributed by atoms with van der Waals surface area (Å²) < 4.78 is 5.45. The second kappa shape index (κ2) is 4.17. The van der Waals surface area contributed by atoms with E-state index in [4.69, 9.17) is 4.74 Å². The zero-order valence-electron chi connectivity index (χ0n) is 8.42. The maximum atomic E-state index is 9.47. The van der Waals surface area contributed by atoms with E-state index in [1.54, 1.807) is 6.07 Å². The first-order valence-corrected chi connectivity index (χ1v) is 4.64. The summed E-state index contributed by atoms with van der Waals surface area (Å²) in [5.74, 6) is 1.24. The second-order valence-electron chi connectivity index (χ2n) is 2.97. The van der Waals surface area contributed by atoms with Gasteiger partial charge >= 0.3 is 0 Å². The van der Waals surface area contributed by atoms with Crippen molar-refractivity contribution in [2.45, 2.75) is 27.2 Å². The Morgan fingerprint density at radius 2 is 2.00 bits per heavy atom. The van der Waals surface area contributed by atoms with Gasteiger partial charge in [-0.15, -0.1) is 0 Å². The van der Waals surface area contributed by atoms with Crippen molar-refractivity contribution >= 4 is 0 Å². The highest BCUT2D eigenvalue weighted by atomic mass is 16.5. The molecule has 0 spiro atoms. The van der Waals surface area contributed by atoms with Gasteiger partial charge in [0, 0.05) is 5.56 Å². The van der Waals surface area contributed by atoms with E-state index in [9.17, 15) is 5.11 Å². The van der Waals surface area contributed by atoms with Crippen molar-refractivity contribution in [2.75, 3.05) is 6.61 Å². The normalized spacial score (nSPS) is 10.1. The van der Waals surface area contributed by atoms with Gasteiger partial charge in [0.2, 0.25) is 0 Å². The molecule has 0 radical (unpaired) electrons. The summed E-state index contributed by atoms with van der Waals surface area (Å²) in [4.78, 5) is 0. The third kappa shape index (κ3) is 1.94. The molecule has 0 aliphatic heterocycles. The summed E-state index contributed by atoms with van der Waals surface area (Å²) in [6, 6.07) is 3.50. The molecule has 0 atom stereocenters. The maximum Gasteiger partial charge on any atom is 0.122 e. The summed E-state index contributed by atoms with van der Waals surface area (Å²) in [6.07, 6.45) is 0.884. The molecule has 13 heavy (non-hydrogen) atoms. The molecule has 1 rings (SSSR count). The SMILES string of the molecule is CCOc1ccc(O)c(C)c1CC. The van der Waals surface area contributed by atoms with Crippen LogP contribution >= 0.6 is 0 Å². The van der Waals surface area contributed by atoms with Crippen molar-refractivity contribution in [3.8, 4) is 11.5 Å². The van der Waals surface area contributed by atoms with Crippen LogP contribution in [0.15, 0.2) is 12.1 Å². The smallest absolute Gasteiger partial charge is 0.122 e. The number of ether oxygens (including phenoxy) is 1. The molecular formula is C11H16O2. The summed E-state index contributed by atoms with van der Waals surface area (Å²) in [5.41, 5.74) is 2.02. The Bertz CT molecular complexity index is 292. The number of rotatable bonds is 3. The van der Waals surface area contributed by atoms with Gasteiger partial charge < -0.3 is 9.84 Å². The Kier molecular flexibility index (Phi) is 3.18. The second-order valence-corrected chi connectivity index (χ2v) is 2.97. The largest absolute Gasteiger partial charge is 0.508 e. The van der Waals surface area contributed by atoms with Crippen LogP contribution in [0.5, 0.6) is 11.5 Å². The number of benzene rings is 1. The van der Waals surface area contributed by atoms with Crippen LogP contribution in [0.3, 0.4) is 0 Å². The van der Waals surface area contributed by atoms with Crippen molar-refractivity contribution in [2.24, 2.45) is 0 Å². The highest BCUT2D eigenvalue weighted by Gasteiger charge is 2.07. The molecule has 0 unspecified atom stereocenters. The number of hydrogen-bond acceptors (Lipinski definition) is 2. The molecule has 72 valence electrons. The van der Waals surface area contributed by atoms with Gasteiger partial charge in [-0.3, -0.25) is 0 Å². The van der Waals surface area contributed by atoms with Crippen LogP contribution < -0.4 is 4.74 Å². The molecule has 1 aromatic carbocycles. The highest BCUT2D eigenvalue weighted by molar-refractivity contribution is 5.47. The average Bonchev–Trinajstić information content (AvgIpc) is 2.12. The molecular weight excluding hydrogens is 164 g/mol. The van der Waals surface area contributed by atoms with E-state index >= 15 is 0 Å². The molecule has 0 aliphatic rings. The zero-order valence-corrected chi connectivity index (χ0v) is 8.42. The van der Waals surface area contributed by atoms with E-state index < -0.39 is 0 Å². The quantitative estimate of drug-likeness (QED) is 0.774. The Balaban J connectivity index is 3.13. The van der Waals surface area contributed by atoms with Crippen molar-refractivity contribution < 1.29 is 9.84 Å². The predicted octanol–water partition coefficient (Wildman–Crippen LogP) is 2.66. The van der Waals surface area contributed by atoms with E-state index in [-0.39, 0.29) is 0 Å². The fourth-order valence-corrected chi connectivity index (χ4v) is 1.45. The van der Waals surface area contributed by atoms with Crippen LogP contribution in [0.4, 0.5) is 0 Å². The third-order valence-electron chi connectivity index (χ3n) is 2.18. The number of aromatic hydroxyl groups is 1. The number of phenols is 1. The Morgan fingerprint density at radius 3 is 2.54 bits per heavy atom. The molecule has 0 fully saturated rings. The van der Waals surface area contributed by atoms with Crippen molar-refractivity contribution in [3.63, 3.8) is 0 Å². The van der Waals surface area contributed by atoms with Crippen LogP contribution in [-0.4, -0.2) is 11.7 Å². The van der Waals surface area contributed by atoms with Gasteiger partial charge in [0.25, 0.3) is 0 Å². The minimum Gasteiger partial charge on any atom is -0.508 e. The molecule has 0 bridgehead atoms. The first-order valence-electron chi connectivity index (χ1n) is 4.64. The first kappa shape index (κ1) is 9.90. The lowest BCUT2D eigenvalue weighted by atomic mass is 10.0. The Hall–Kier alpha value is -1.18. The van der Waals surface area contributed by atoms with Gasteiger partial charge in [-0.1, -0.05) is 6.92 Å². The molecule has 0 aliphatic carbocycles. The fraction of sp³-hybridized carbons (Fsp3) is 0.455. The molecule has 2 heteroatoms. The molecule has 0 heterocycles. The van der Waals surface area contributed by atoms with Crippen LogP contribution in [-0.2, 0) is 6.42 Å². The minimum atomic E-state index is 0.348. The fourth-order valence-electron chi connectivity index (χ4n) is 1.45. The summed E-state index contributed by atoms with van der Waals surface area (Å²) in [7, 11) is 0. The Labute approximate surface area is 79.2 Å². The number of phenolic OH excluding ortho intramolecular Hbond substituents is 1. The van der Waals surface area contributed by atoms with E-state index in [1.807, 2.05) is 19.9 Å². The number of hydrogen-bond donors (Lipinski definition) is 1. The lowest BCUT2D eigenvalue weighted by Crippen LogP contribution is -1.97. The lowest BCUT2D eigenvalue weighted by molar-refractivity contribution is 0.335. The van der Waals surface area contributed by atoms with E-state index in [2.05, 4.69) is 6.92 Å². The van der Waals surface area contributed by atoms with Crippen LogP contribution in [0.2, 0.25) is 0 Å². The van der Waals surface area contributed by atoms with Gasteiger partial charge in [-0.05, 0) is 38.0 Å². The molecule has 0 amide bonds. The summed E-state index contributed by atoms with van der Waals surface area (Å²) in [5, 5.41) is 9.47. The molecule has 0 saturated heterocycles. The van der Waals surface area contributed by atoms with Crippen molar-refractivity contribution in [1.82, 2.24) is 0 Å². The van der Waals surface area contributed by atoms with Crippen LogP contribution in [0, 0.1) is 6.92 Å². The third-order valence-corrected chi connectivity index (χ3v) is 2.18. The van der Waals surface area contributed by atoms with Crippen LogP contribution in [0.1, 0.15) is 25.0 Å². The topological polar surface area (TPSA) is 29.5 Å². The average molecular weight is 180 g/mol. The lowest BCUT2D eigenvalue weighted by Gasteiger charge is -2.12. The first-order chi connectivity index (χ1) is 6.20. The summed E-state index contributed by atoms with van der Waals surface area (Å²) in [6.45, 7) is 6.60. The molecule has 1 N–H and O–H groups in total. The van der Waals surface area contributed by atoms with Crippen molar-refractivity contribution in [1.29, 1.82) is 0 Å². The van der Waals surface area contributed by atoms with E-state index in [0.717, 1.165) is 23.3 Å². The van der Waals surface area contributed by atoms with Crippen LogP contribution in [0.25, 0.3) is 0 Å². The standard InChI is InChI=1S/C11H16O2/c1-4-9-8(3)10(12)6-7-11(9)13-5-2/h6-7,12H,4-5H2,1-3H3. The van der Waals surface area contributed by atoms with Gasteiger partial charge in [-0.25, -0.2) is 0 Å². The van der Waals surface area contributed by atoms with E-state index in [1.165, 1.54) is 0 Å². The molecule has 1 aromatic rings. The Morgan fingerprint density at radius 1 is 1.31 bits per heavy atom. The summed E-state index contributed by atoms with van der Waals surface area (Å²) >= 11 is 0. The minimum absolute atomic E-state index is 0.348. The molecule has 0 aromatic heterocycles. The van der Waals surface area contributed by atoms with Gasteiger partial charge in [-0.2, -0.15) is 0 Å². The molecule has 2 nitrogen and oxygen atoms in total. The predicted molar refractivity (Wildman–Crippen MR) is 53.4 cm³/mol. The van der Waals surface area contributed by atoms with E-state index in [0.29, 0.717) is 12.4 Å². The monoisotopic (exact) mass is 180 g/mol. The van der Waals surface area contributed by atoms with Gasteiger partial charge in [0.15, 0.2) is 0 Å². The highest BCUT2D eigenvalue weighted by Crippen LogP contribution is 2.29. The van der Waals surface area contributed by atoms with Gasteiger partial charge in [0.05, 0.1) is 6.61 Å². The van der Waals surface area contributed by atoms with Gasteiger partial charge in [0.1, 0.15) is 11.5 Å². The maximum absolute atomic E-state index is 9.47. The van der Waals surface area contributed by atoms with Crippen molar-refractivity contribution in [3.05, 3.63) is 23.3 Å². The molecule has 0 saturated carbocycles. The zero-order chi connectivity index (χ0) is 9.84.